The van der Waals surface area contributed by atoms with Gasteiger partial charge in [-0.25, -0.2) is 4.98 Å². The first-order valence-electron chi connectivity index (χ1n) is 11.1. The van der Waals surface area contributed by atoms with Crippen LogP contribution in [0.2, 0.25) is 0 Å². The number of nitrogens with zero attached hydrogens (tertiary/aromatic N) is 3. The van der Waals surface area contributed by atoms with Gasteiger partial charge in [0.05, 0.1) is 12.7 Å². The molecule has 2 aromatic carbocycles. The van der Waals surface area contributed by atoms with Crippen molar-refractivity contribution in [3.05, 3.63) is 77.9 Å². The second kappa shape index (κ2) is 10.3. The van der Waals surface area contributed by atoms with Gasteiger partial charge in [-0.2, -0.15) is 0 Å². The Balaban J connectivity index is 1.28. The Labute approximate surface area is 193 Å². The molecule has 1 unspecified atom stereocenters. The maximum Gasteiger partial charge on any atom is 0.313 e. The van der Waals surface area contributed by atoms with Gasteiger partial charge in [-0.1, -0.05) is 24.3 Å². The molecule has 0 bridgehead atoms. The van der Waals surface area contributed by atoms with Gasteiger partial charge < -0.3 is 24.8 Å². The Morgan fingerprint density at radius 3 is 2.64 bits per heavy atom. The van der Waals surface area contributed by atoms with Crippen molar-refractivity contribution in [2.45, 2.75) is 33.0 Å². The van der Waals surface area contributed by atoms with Crippen molar-refractivity contribution < 1.29 is 14.3 Å². The summed E-state index contributed by atoms with van der Waals surface area (Å²) in [6, 6.07) is 15.4. The van der Waals surface area contributed by atoms with Crippen LogP contribution in [0.5, 0.6) is 0 Å². The summed E-state index contributed by atoms with van der Waals surface area (Å²) in [5.41, 5.74) is 3.67. The summed E-state index contributed by atoms with van der Waals surface area (Å²) in [5.74, 6) is -0.414. The molecule has 0 saturated carbocycles. The molecule has 2 N–H and O–H groups in total. The minimum atomic E-state index is -0.687. The van der Waals surface area contributed by atoms with Crippen molar-refractivity contribution >= 4 is 23.2 Å². The number of ether oxygens (including phenoxy) is 1. The molecule has 0 spiro atoms. The Bertz CT molecular complexity index is 1110. The van der Waals surface area contributed by atoms with Crippen LogP contribution in [0.3, 0.4) is 0 Å². The van der Waals surface area contributed by atoms with Gasteiger partial charge >= 0.3 is 11.8 Å². The summed E-state index contributed by atoms with van der Waals surface area (Å²) < 4.78 is 7.63. The molecule has 8 heteroatoms. The molecule has 1 saturated heterocycles. The molecule has 2 heterocycles. The van der Waals surface area contributed by atoms with E-state index >= 15 is 0 Å². The van der Waals surface area contributed by atoms with E-state index in [9.17, 15) is 9.59 Å². The number of rotatable bonds is 6. The van der Waals surface area contributed by atoms with E-state index in [0.717, 1.165) is 35.7 Å². The number of hydrogen-bond donors (Lipinski definition) is 2. The minimum Gasteiger partial charge on any atom is -0.375 e. The second-order valence-corrected chi connectivity index (χ2v) is 8.23. The lowest BCUT2D eigenvalue weighted by molar-refractivity contribution is -0.136. The fourth-order valence-electron chi connectivity index (χ4n) is 3.86. The number of aromatic nitrogens is 2. The summed E-state index contributed by atoms with van der Waals surface area (Å²) in [5, 5.41) is 5.35. The average Bonchev–Trinajstić information content (AvgIpc) is 3.22. The van der Waals surface area contributed by atoms with E-state index in [2.05, 4.69) is 32.0 Å². The lowest BCUT2D eigenvalue weighted by atomic mass is 10.1. The van der Waals surface area contributed by atoms with E-state index in [1.54, 1.807) is 6.20 Å². The molecule has 2 amide bonds. The van der Waals surface area contributed by atoms with Gasteiger partial charge in [-0.05, 0) is 49.2 Å². The first kappa shape index (κ1) is 22.5. The second-order valence-electron chi connectivity index (χ2n) is 8.23. The molecular weight excluding hydrogens is 418 g/mol. The number of carbonyl (C=O) groups excluding carboxylic acids is 2. The summed E-state index contributed by atoms with van der Waals surface area (Å²) >= 11 is 0. The highest BCUT2D eigenvalue weighted by Crippen LogP contribution is 2.20. The fourth-order valence-corrected chi connectivity index (χ4v) is 3.86. The first-order valence-corrected chi connectivity index (χ1v) is 11.1. The summed E-state index contributed by atoms with van der Waals surface area (Å²) in [4.78, 5) is 31.1. The van der Waals surface area contributed by atoms with Gasteiger partial charge in [0.1, 0.15) is 5.82 Å². The highest BCUT2D eigenvalue weighted by atomic mass is 16.5. The molecule has 0 aliphatic carbocycles. The molecule has 4 rings (SSSR count). The molecule has 0 radical (unpaired) electrons. The normalized spacial score (nSPS) is 15.8. The van der Waals surface area contributed by atoms with Crippen molar-refractivity contribution in [3.8, 4) is 0 Å². The molecule has 172 valence electrons. The van der Waals surface area contributed by atoms with Gasteiger partial charge in [0.15, 0.2) is 0 Å². The van der Waals surface area contributed by atoms with Crippen molar-refractivity contribution in [3.63, 3.8) is 0 Å². The minimum absolute atomic E-state index is 0.192. The third-order valence-corrected chi connectivity index (χ3v) is 5.66. The zero-order chi connectivity index (χ0) is 23.2. The van der Waals surface area contributed by atoms with Crippen molar-refractivity contribution in [1.29, 1.82) is 0 Å². The molecule has 1 aromatic heterocycles. The van der Waals surface area contributed by atoms with Crippen LogP contribution in [0.25, 0.3) is 0 Å². The van der Waals surface area contributed by atoms with Crippen LogP contribution in [-0.4, -0.2) is 47.2 Å². The van der Waals surface area contributed by atoms with Crippen LogP contribution in [-0.2, 0) is 27.4 Å². The van der Waals surface area contributed by atoms with Crippen molar-refractivity contribution in [1.82, 2.24) is 14.9 Å². The van der Waals surface area contributed by atoms with Crippen LogP contribution < -0.4 is 15.5 Å². The highest BCUT2D eigenvalue weighted by molar-refractivity contribution is 6.39. The molecule has 33 heavy (non-hydrogen) atoms. The van der Waals surface area contributed by atoms with E-state index in [1.165, 1.54) is 0 Å². The zero-order valence-electron chi connectivity index (χ0n) is 19.0. The van der Waals surface area contributed by atoms with E-state index in [-0.39, 0.29) is 12.6 Å². The molecule has 1 fully saturated rings. The molecule has 1 aliphatic heterocycles. The molecule has 1 aliphatic rings. The third-order valence-electron chi connectivity index (χ3n) is 5.66. The SMILES string of the molecule is Cc1nccn1Cc1cccc(CNC(=O)C(=O)Nc2ccc(N3CCOC(C)C3)cc2)c1. The number of aryl methyl sites for hydroxylation is 1. The number of imidazole rings is 1. The summed E-state index contributed by atoms with van der Waals surface area (Å²) in [6.07, 6.45) is 3.90. The lowest BCUT2D eigenvalue weighted by Gasteiger charge is -2.33. The molecule has 1 atom stereocenters. The molecular formula is C25H29N5O3. The van der Waals surface area contributed by atoms with Gasteiger partial charge in [-0.15, -0.1) is 0 Å². The number of anilines is 2. The maximum atomic E-state index is 12.3. The van der Waals surface area contributed by atoms with E-state index in [1.807, 2.05) is 61.7 Å². The van der Waals surface area contributed by atoms with Crippen molar-refractivity contribution in [2.24, 2.45) is 0 Å². The molecule has 8 nitrogen and oxygen atoms in total. The Kier molecular flexibility index (Phi) is 7.04. The standard InChI is InChI=1S/C25H29N5O3/c1-18-16-30(12-13-33-18)23-8-6-22(7-9-23)28-25(32)24(31)27-15-20-4-3-5-21(14-20)17-29-11-10-26-19(29)2/h3-11,14,18H,12-13,15-17H2,1-2H3,(H,27,31)(H,28,32). The number of benzene rings is 2. The van der Waals surface area contributed by atoms with Crippen LogP contribution in [0.15, 0.2) is 60.9 Å². The maximum absolute atomic E-state index is 12.3. The average molecular weight is 448 g/mol. The fraction of sp³-hybridized carbons (Fsp3) is 0.320. The van der Waals surface area contributed by atoms with Gasteiger partial charge in [0.25, 0.3) is 0 Å². The quantitative estimate of drug-likeness (QED) is 0.568. The predicted octanol–water partition coefficient (Wildman–Crippen LogP) is 2.72. The third kappa shape index (κ3) is 5.98. The molecule has 3 aromatic rings. The summed E-state index contributed by atoms with van der Waals surface area (Å²) in [7, 11) is 0. The Morgan fingerprint density at radius 2 is 1.91 bits per heavy atom. The number of carbonyl (C=O) groups is 2. The number of hydrogen-bond acceptors (Lipinski definition) is 5. The van der Waals surface area contributed by atoms with Gasteiger partial charge in [0.2, 0.25) is 0 Å². The largest absolute Gasteiger partial charge is 0.375 e. The lowest BCUT2D eigenvalue weighted by Crippen LogP contribution is -2.41. The Hall–Kier alpha value is -3.65. The number of amides is 2. The van der Waals surface area contributed by atoms with Gasteiger partial charge in [0, 0.05) is 49.9 Å². The van der Waals surface area contributed by atoms with Crippen LogP contribution in [0.1, 0.15) is 23.9 Å². The topological polar surface area (TPSA) is 88.5 Å². The Morgan fingerprint density at radius 1 is 1.12 bits per heavy atom. The van der Waals surface area contributed by atoms with E-state index < -0.39 is 11.8 Å². The van der Waals surface area contributed by atoms with Crippen molar-refractivity contribution in [2.75, 3.05) is 29.9 Å². The van der Waals surface area contributed by atoms with Crippen LogP contribution >= 0.6 is 0 Å². The smallest absolute Gasteiger partial charge is 0.313 e. The summed E-state index contributed by atoms with van der Waals surface area (Å²) in [6.45, 7) is 7.35. The number of nitrogens with one attached hydrogen (secondary N) is 2. The van der Waals surface area contributed by atoms with E-state index in [0.29, 0.717) is 18.8 Å². The van der Waals surface area contributed by atoms with E-state index in [4.69, 9.17) is 4.74 Å². The van der Waals surface area contributed by atoms with Crippen LogP contribution in [0, 0.1) is 6.92 Å². The highest BCUT2D eigenvalue weighted by Gasteiger charge is 2.17. The van der Waals surface area contributed by atoms with Gasteiger partial charge in [-0.3, -0.25) is 9.59 Å². The predicted molar refractivity (Wildman–Crippen MR) is 127 cm³/mol. The number of morpholine rings is 1. The zero-order valence-corrected chi connectivity index (χ0v) is 19.0. The van der Waals surface area contributed by atoms with Crippen LogP contribution in [0.4, 0.5) is 11.4 Å². The monoisotopic (exact) mass is 447 g/mol. The first-order chi connectivity index (χ1) is 16.0.